The molecule has 0 fully saturated rings. The first-order valence-electron chi connectivity index (χ1n) is 6.32. The molecule has 0 aliphatic carbocycles. The lowest BCUT2D eigenvalue weighted by Gasteiger charge is -2.15. The average molecular weight is 270 g/mol. The predicted octanol–water partition coefficient (Wildman–Crippen LogP) is 0.517. The molecule has 0 radical (unpaired) electrons. The Morgan fingerprint density at radius 2 is 1.89 bits per heavy atom. The number of aliphatic hydroxyl groups is 1. The fraction of sp³-hybridized carbons (Fsp3) is 0.727. The molecule has 0 aliphatic rings. The third-order valence-electron chi connectivity index (χ3n) is 2.26. The molecule has 19 heavy (non-hydrogen) atoms. The fourth-order valence-corrected chi connectivity index (χ4v) is 1.44. The number of nitrogens with one attached hydrogen (secondary N) is 2. The van der Waals surface area contributed by atoms with Gasteiger partial charge in [-0.3, -0.25) is 5.43 Å². The topological polar surface area (TPSA) is 118 Å². The highest BCUT2D eigenvalue weighted by Crippen LogP contribution is 2.13. The van der Waals surface area contributed by atoms with E-state index in [0.29, 0.717) is 5.95 Å². The molecule has 0 aromatic carbocycles. The number of aliphatic hydroxyl groups excluding tert-OH is 1. The van der Waals surface area contributed by atoms with Gasteiger partial charge >= 0.3 is 6.01 Å². The lowest BCUT2D eigenvalue weighted by Crippen LogP contribution is -2.20. The highest BCUT2D eigenvalue weighted by atomic mass is 16.5. The number of rotatable bonds is 8. The molecule has 1 atom stereocenters. The number of aromatic nitrogens is 3. The van der Waals surface area contributed by atoms with Crippen molar-refractivity contribution in [2.75, 3.05) is 17.3 Å². The minimum absolute atomic E-state index is 0.0345. The first-order chi connectivity index (χ1) is 9.05. The molecule has 5 N–H and O–H groups in total. The molecule has 1 unspecified atom stereocenters. The van der Waals surface area contributed by atoms with Gasteiger partial charge in [-0.2, -0.15) is 15.0 Å². The van der Waals surface area contributed by atoms with Gasteiger partial charge in [-0.05, 0) is 33.6 Å². The molecule has 0 spiro atoms. The summed E-state index contributed by atoms with van der Waals surface area (Å²) in [5, 5.41) is 11.9. The summed E-state index contributed by atoms with van der Waals surface area (Å²) in [6.45, 7) is 5.92. The van der Waals surface area contributed by atoms with Crippen LogP contribution in [0.25, 0.3) is 0 Å². The minimum atomic E-state index is -0.0345. The van der Waals surface area contributed by atoms with E-state index in [0.717, 1.165) is 12.8 Å². The quantitative estimate of drug-likeness (QED) is 0.399. The van der Waals surface area contributed by atoms with E-state index in [2.05, 4.69) is 25.7 Å². The number of anilines is 2. The zero-order valence-electron chi connectivity index (χ0n) is 11.6. The molecule has 0 aliphatic heterocycles. The number of ether oxygens (including phenoxy) is 1. The molecule has 1 heterocycles. The van der Waals surface area contributed by atoms with Gasteiger partial charge in [0.1, 0.15) is 0 Å². The van der Waals surface area contributed by atoms with E-state index < -0.39 is 0 Å². The van der Waals surface area contributed by atoms with Crippen LogP contribution in [0.15, 0.2) is 0 Å². The van der Waals surface area contributed by atoms with Crippen LogP contribution in [0.2, 0.25) is 0 Å². The molecule has 1 aromatic heterocycles. The molecule has 108 valence electrons. The van der Waals surface area contributed by atoms with E-state index in [1.54, 1.807) is 0 Å². The van der Waals surface area contributed by atoms with Crippen molar-refractivity contribution in [2.24, 2.45) is 5.84 Å². The van der Waals surface area contributed by atoms with Gasteiger partial charge in [-0.1, -0.05) is 0 Å². The van der Waals surface area contributed by atoms with Crippen LogP contribution in [0.3, 0.4) is 0 Å². The van der Waals surface area contributed by atoms with Gasteiger partial charge in [0.2, 0.25) is 11.9 Å². The van der Waals surface area contributed by atoms with Crippen LogP contribution < -0.4 is 21.3 Å². The Morgan fingerprint density at radius 1 is 1.21 bits per heavy atom. The lowest BCUT2D eigenvalue weighted by atomic mass is 10.2. The summed E-state index contributed by atoms with van der Waals surface area (Å²) in [4.78, 5) is 12.3. The third kappa shape index (κ3) is 5.66. The number of nitrogen functional groups attached to an aromatic ring is 1. The lowest BCUT2D eigenvalue weighted by molar-refractivity contribution is 0.222. The monoisotopic (exact) mass is 270 g/mol. The highest BCUT2D eigenvalue weighted by Gasteiger charge is 2.10. The maximum Gasteiger partial charge on any atom is 0.323 e. The summed E-state index contributed by atoms with van der Waals surface area (Å²) in [6.07, 6.45) is 1.50. The summed E-state index contributed by atoms with van der Waals surface area (Å²) in [6, 6.07) is 0.349. The first kappa shape index (κ1) is 15.4. The Labute approximate surface area is 112 Å². The van der Waals surface area contributed by atoms with Crippen molar-refractivity contribution in [3.05, 3.63) is 0 Å². The van der Waals surface area contributed by atoms with Crippen molar-refractivity contribution in [3.8, 4) is 6.01 Å². The van der Waals surface area contributed by atoms with Gasteiger partial charge in [-0.15, -0.1) is 0 Å². The largest absolute Gasteiger partial charge is 0.461 e. The number of hydrogen-bond acceptors (Lipinski definition) is 8. The van der Waals surface area contributed by atoms with Crippen LogP contribution in [0.5, 0.6) is 6.01 Å². The van der Waals surface area contributed by atoms with Gasteiger partial charge in [0.25, 0.3) is 0 Å². The number of hydrazine groups is 1. The maximum atomic E-state index is 8.79. The van der Waals surface area contributed by atoms with Crippen molar-refractivity contribution < 1.29 is 9.84 Å². The summed E-state index contributed by atoms with van der Waals surface area (Å²) in [5.41, 5.74) is 2.38. The Bertz CT molecular complexity index is 387. The first-order valence-corrected chi connectivity index (χ1v) is 6.32. The van der Waals surface area contributed by atoms with Crippen molar-refractivity contribution in [3.63, 3.8) is 0 Å². The van der Waals surface area contributed by atoms with Crippen LogP contribution in [0.1, 0.15) is 33.6 Å². The van der Waals surface area contributed by atoms with Crippen LogP contribution in [-0.2, 0) is 0 Å². The highest BCUT2D eigenvalue weighted by molar-refractivity contribution is 5.35. The minimum Gasteiger partial charge on any atom is -0.461 e. The number of hydrogen-bond donors (Lipinski definition) is 4. The van der Waals surface area contributed by atoms with Crippen LogP contribution >= 0.6 is 0 Å². The number of nitrogens with zero attached hydrogens (tertiary/aromatic N) is 3. The molecule has 0 bridgehead atoms. The Balaban J connectivity index is 2.75. The smallest absolute Gasteiger partial charge is 0.323 e. The summed E-state index contributed by atoms with van der Waals surface area (Å²) in [7, 11) is 0. The SMILES string of the molecule is CC(CCCO)Nc1nc(NN)nc(OC(C)C)n1. The van der Waals surface area contributed by atoms with Crippen LogP contribution in [0, 0.1) is 0 Å². The summed E-state index contributed by atoms with van der Waals surface area (Å²) >= 11 is 0. The van der Waals surface area contributed by atoms with Crippen molar-refractivity contribution in [1.29, 1.82) is 0 Å². The van der Waals surface area contributed by atoms with E-state index in [1.165, 1.54) is 0 Å². The predicted molar refractivity (Wildman–Crippen MR) is 72.8 cm³/mol. The molecule has 0 saturated carbocycles. The molecular weight excluding hydrogens is 248 g/mol. The second kappa shape index (κ2) is 7.70. The van der Waals surface area contributed by atoms with Gasteiger partial charge in [0.05, 0.1) is 6.10 Å². The third-order valence-corrected chi connectivity index (χ3v) is 2.26. The molecule has 8 nitrogen and oxygen atoms in total. The molecule has 0 saturated heterocycles. The van der Waals surface area contributed by atoms with Crippen molar-refractivity contribution >= 4 is 11.9 Å². The average Bonchev–Trinajstić information content (AvgIpc) is 2.35. The van der Waals surface area contributed by atoms with Gasteiger partial charge in [-0.25, -0.2) is 5.84 Å². The van der Waals surface area contributed by atoms with E-state index in [1.807, 2.05) is 20.8 Å². The zero-order valence-corrected chi connectivity index (χ0v) is 11.6. The van der Waals surface area contributed by atoms with E-state index in [9.17, 15) is 0 Å². The molecule has 8 heteroatoms. The molecular formula is C11H22N6O2. The van der Waals surface area contributed by atoms with Crippen LogP contribution in [-0.4, -0.2) is 38.8 Å². The van der Waals surface area contributed by atoms with Gasteiger partial charge in [0.15, 0.2) is 0 Å². The van der Waals surface area contributed by atoms with Crippen molar-refractivity contribution in [2.45, 2.75) is 45.8 Å². The second-order valence-corrected chi connectivity index (χ2v) is 4.49. The van der Waals surface area contributed by atoms with E-state index in [-0.39, 0.29) is 30.7 Å². The Morgan fingerprint density at radius 3 is 2.47 bits per heavy atom. The Hall–Kier alpha value is -1.67. The molecule has 0 amide bonds. The summed E-state index contributed by atoms with van der Waals surface area (Å²) < 4.78 is 5.42. The summed E-state index contributed by atoms with van der Waals surface area (Å²) in [5.74, 6) is 5.94. The standard InChI is InChI=1S/C11H22N6O2/c1-7(2)19-11-15-9(14-10(16-11)17-12)13-8(3)5-4-6-18/h7-8,18H,4-6,12H2,1-3H3,(H2,13,14,15,16,17). The van der Waals surface area contributed by atoms with E-state index >= 15 is 0 Å². The fourth-order valence-electron chi connectivity index (χ4n) is 1.44. The van der Waals surface area contributed by atoms with Gasteiger partial charge < -0.3 is 15.2 Å². The van der Waals surface area contributed by atoms with E-state index in [4.69, 9.17) is 15.7 Å². The van der Waals surface area contributed by atoms with Crippen molar-refractivity contribution in [1.82, 2.24) is 15.0 Å². The Kier molecular flexibility index (Phi) is 6.23. The second-order valence-electron chi connectivity index (χ2n) is 4.49. The normalized spacial score (nSPS) is 12.3. The van der Waals surface area contributed by atoms with Crippen LogP contribution in [0.4, 0.5) is 11.9 Å². The van der Waals surface area contributed by atoms with Gasteiger partial charge in [0, 0.05) is 12.6 Å². The molecule has 1 rings (SSSR count). The number of nitrogens with two attached hydrogens (primary N) is 1. The zero-order chi connectivity index (χ0) is 14.3. The molecule has 1 aromatic rings. The maximum absolute atomic E-state index is 8.79.